The Balaban J connectivity index is 2.03. The Labute approximate surface area is 193 Å². The predicted molar refractivity (Wildman–Crippen MR) is 122 cm³/mol. The van der Waals surface area contributed by atoms with Crippen LogP contribution in [-0.2, 0) is 30.9 Å². The van der Waals surface area contributed by atoms with Crippen molar-refractivity contribution in [3.63, 3.8) is 0 Å². The summed E-state index contributed by atoms with van der Waals surface area (Å²) in [5, 5.41) is 6.98. The third-order valence-electron chi connectivity index (χ3n) is 4.85. The highest BCUT2D eigenvalue weighted by Gasteiger charge is 2.24. The molecule has 0 aliphatic heterocycles. The Bertz CT molecular complexity index is 1080. The summed E-state index contributed by atoms with van der Waals surface area (Å²) in [6.07, 6.45) is -1.04. The van der Waals surface area contributed by atoms with Crippen molar-refractivity contribution in [1.82, 2.24) is 14.1 Å². The standard InChI is InChI=1S/C21H29ClN4O5S/c1-6-25(7-2)32(29,30)17-8-9-18(22)19(13-17)23-21(28)16(5)31-20(27)10-11-26-15(4)12-14(3)24-26/h8-9,12-13,16H,6-7,10-11H2,1-5H3,(H,23,28). The summed E-state index contributed by atoms with van der Waals surface area (Å²) in [4.78, 5) is 24.7. The van der Waals surface area contributed by atoms with E-state index in [0.717, 1.165) is 11.4 Å². The molecule has 0 radical (unpaired) electrons. The Morgan fingerprint density at radius 2 is 1.88 bits per heavy atom. The van der Waals surface area contributed by atoms with Crippen molar-refractivity contribution in [2.45, 2.75) is 58.6 Å². The van der Waals surface area contributed by atoms with Gasteiger partial charge in [-0.15, -0.1) is 0 Å². The molecule has 1 aromatic heterocycles. The summed E-state index contributed by atoms with van der Waals surface area (Å²) in [6, 6.07) is 5.98. The number of carbonyl (C=O) groups excluding carboxylic acids is 2. The van der Waals surface area contributed by atoms with E-state index in [9.17, 15) is 18.0 Å². The number of carbonyl (C=O) groups is 2. The lowest BCUT2D eigenvalue weighted by Gasteiger charge is -2.19. The number of ether oxygens (including phenoxy) is 1. The lowest BCUT2D eigenvalue weighted by Crippen LogP contribution is -2.31. The van der Waals surface area contributed by atoms with E-state index in [-0.39, 0.29) is 22.0 Å². The van der Waals surface area contributed by atoms with E-state index >= 15 is 0 Å². The van der Waals surface area contributed by atoms with Crippen molar-refractivity contribution in [2.24, 2.45) is 0 Å². The van der Waals surface area contributed by atoms with Crippen LogP contribution in [0.3, 0.4) is 0 Å². The molecule has 1 amide bonds. The fourth-order valence-corrected chi connectivity index (χ4v) is 4.77. The molecule has 9 nitrogen and oxygen atoms in total. The largest absolute Gasteiger partial charge is 0.452 e. The summed E-state index contributed by atoms with van der Waals surface area (Å²) in [6.45, 7) is 9.63. The lowest BCUT2D eigenvalue weighted by molar-refractivity contribution is -0.153. The van der Waals surface area contributed by atoms with Crippen molar-refractivity contribution >= 4 is 39.2 Å². The zero-order valence-corrected chi connectivity index (χ0v) is 20.5. The number of rotatable bonds is 10. The number of nitrogens with zero attached hydrogens (tertiary/aromatic N) is 3. The molecule has 176 valence electrons. The SMILES string of the molecule is CCN(CC)S(=O)(=O)c1ccc(Cl)c(NC(=O)C(C)OC(=O)CCn2nc(C)cc2C)c1. The highest BCUT2D eigenvalue weighted by atomic mass is 35.5. The van der Waals surface area contributed by atoms with Crippen molar-refractivity contribution in [3.8, 4) is 0 Å². The molecule has 2 rings (SSSR count). The van der Waals surface area contributed by atoms with Gasteiger partial charge in [0.25, 0.3) is 5.91 Å². The first-order valence-corrected chi connectivity index (χ1v) is 12.1. The molecule has 11 heteroatoms. The smallest absolute Gasteiger partial charge is 0.308 e. The highest BCUT2D eigenvalue weighted by Crippen LogP contribution is 2.27. The second-order valence-electron chi connectivity index (χ2n) is 7.25. The molecule has 0 saturated heterocycles. The third-order valence-corrected chi connectivity index (χ3v) is 7.22. The van der Waals surface area contributed by atoms with Crippen LogP contribution in [0.2, 0.25) is 5.02 Å². The van der Waals surface area contributed by atoms with Crippen LogP contribution in [0, 0.1) is 13.8 Å². The number of esters is 1. The van der Waals surface area contributed by atoms with Crippen LogP contribution in [0.4, 0.5) is 5.69 Å². The number of hydrogen-bond donors (Lipinski definition) is 1. The van der Waals surface area contributed by atoms with Gasteiger partial charge in [0.2, 0.25) is 10.0 Å². The fraction of sp³-hybridized carbons (Fsp3) is 0.476. The van der Waals surface area contributed by atoms with Gasteiger partial charge in [0, 0.05) is 18.8 Å². The molecule has 0 bridgehead atoms. The van der Waals surface area contributed by atoms with E-state index in [1.54, 1.807) is 18.5 Å². The summed E-state index contributed by atoms with van der Waals surface area (Å²) in [5.74, 6) is -1.17. The zero-order chi connectivity index (χ0) is 24.1. The average molecular weight is 485 g/mol. The molecular weight excluding hydrogens is 456 g/mol. The molecule has 32 heavy (non-hydrogen) atoms. The maximum absolute atomic E-state index is 12.7. The normalized spacial score (nSPS) is 12.6. The van der Waals surface area contributed by atoms with Crippen molar-refractivity contribution in [2.75, 3.05) is 18.4 Å². The summed E-state index contributed by atoms with van der Waals surface area (Å²) >= 11 is 6.14. The molecule has 2 aromatic rings. The maximum atomic E-state index is 12.7. The molecule has 0 spiro atoms. The quantitative estimate of drug-likeness (QED) is 0.518. The van der Waals surface area contributed by atoms with E-state index < -0.39 is 28.0 Å². The average Bonchev–Trinajstić information content (AvgIpc) is 3.05. The number of amides is 1. The molecule has 1 heterocycles. The van der Waals surface area contributed by atoms with Crippen molar-refractivity contribution < 1.29 is 22.7 Å². The van der Waals surface area contributed by atoms with Gasteiger partial charge in [-0.3, -0.25) is 14.3 Å². The van der Waals surface area contributed by atoms with Crippen LogP contribution in [0.25, 0.3) is 0 Å². The molecule has 0 saturated carbocycles. The Morgan fingerprint density at radius 3 is 2.44 bits per heavy atom. The van der Waals surface area contributed by atoms with Gasteiger partial charge in [0.05, 0.1) is 34.3 Å². The Morgan fingerprint density at radius 1 is 1.22 bits per heavy atom. The van der Waals surface area contributed by atoms with E-state index in [4.69, 9.17) is 16.3 Å². The van der Waals surface area contributed by atoms with E-state index in [2.05, 4.69) is 10.4 Å². The number of hydrogen-bond acceptors (Lipinski definition) is 6. The number of anilines is 1. The summed E-state index contributed by atoms with van der Waals surface area (Å²) < 4.78 is 33.7. The minimum atomic E-state index is -3.72. The number of sulfonamides is 1. The number of aryl methyl sites for hydroxylation is 3. The lowest BCUT2D eigenvalue weighted by atomic mass is 10.3. The molecular formula is C21H29ClN4O5S. The van der Waals surface area contributed by atoms with Gasteiger partial charge in [0.15, 0.2) is 6.10 Å². The summed E-state index contributed by atoms with van der Waals surface area (Å²) in [5.41, 5.74) is 1.90. The Hall–Kier alpha value is -2.43. The van der Waals surface area contributed by atoms with Gasteiger partial charge in [-0.1, -0.05) is 25.4 Å². The van der Waals surface area contributed by atoms with Gasteiger partial charge in [-0.25, -0.2) is 8.42 Å². The topological polar surface area (TPSA) is 111 Å². The number of nitrogens with one attached hydrogen (secondary N) is 1. The first kappa shape index (κ1) is 25.8. The van der Waals surface area contributed by atoms with Gasteiger partial charge in [-0.05, 0) is 45.0 Å². The van der Waals surface area contributed by atoms with Gasteiger partial charge in [-0.2, -0.15) is 9.40 Å². The summed E-state index contributed by atoms with van der Waals surface area (Å²) in [7, 11) is -3.72. The zero-order valence-electron chi connectivity index (χ0n) is 18.9. The Kier molecular flexibility index (Phi) is 8.82. The van der Waals surface area contributed by atoms with Crippen molar-refractivity contribution in [1.29, 1.82) is 0 Å². The van der Waals surface area contributed by atoms with Crippen LogP contribution in [0.5, 0.6) is 0 Å². The molecule has 1 aromatic carbocycles. The molecule has 0 aliphatic carbocycles. The van der Waals surface area contributed by atoms with Gasteiger partial charge >= 0.3 is 5.97 Å². The van der Waals surface area contributed by atoms with Gasteiger partial charge in [0.1, 0.15) is 0 Å². The van der Waals surface area contributed by atoms with E-state index in [1.807, 2.05) is 19.9 Å². The first-order valence-electron chi connectivity index (χ1n) is 10.3. The van der Waals surface area contributed by atoms with Crippen LogP contribution < -0.4 is 5.32 Å². The number of halogens is 1. The third kappa shape index (κ3) is 6.30. The molecule has 1 atom stereocenters. The number of benzene rings is 1. The van der Waals surface area contributed by atoms with Crippen LogP contribution in [0.1, 0.15) is 38.6 Å². The molecule has 0 aliphatic rings. The fourth-order valence-electron chi connectivity index (χ4n) is 3.12. The minimum absolute atomic E-state index is 0.00966. The number of aromatic nitrogens is 2. The molecule has 1 unspecified atom stereocenters. The highest BCUT2D eigenvalue weighted by molar-refractivity contribution is 7.89. The van der Waals surface area contributed by atoms with Crippen LogP contribution >= 0.6 is 11.6 Å². The predicted octanol–water partition coefficient (Wildman–Crippen LogP) is 3.14. The maximum Gasteiger partial charge on any atom is 0.308 e. The van der Waals surface area contributed by atoms with Gasteiger partial charge < -0.3 is 10.1 Å². The van der Waals surface area contributed by atoms with E-state index in [1.165, 1.54) is 29.4 Å². The first-order chi connectivity index (χ1) is 15.0. The van der Waals surface area contributed by atoms with Crippen molar-refractivity contribution in [3.05, 3.63) is 40.7 Å². The second kappa shape index (κ2) is 10.9. The van der Waals surface area contributed by atoms with Crippen LogP contribution in [0.15, 0.2) is 29.2 Å². The van der Waals surface area contributed by atoms with Crippen LogP contribution in [-0.4, -0.2) is 53.6 Å². The minimum Gasteiger partial charge on any atom is -0.452 e. The monoisotopic (exact) mass is 484 g/mol. The molecule has 0 fully saturated rings. The second-order valence-corrected chi connectivity index (χ2v) is 9.60. The van der Waals surface area contributed by atoms with E-state index in [0.29, 0.717) is 19.6 Å². The molecule has 1 N–H and O–H groups in total.